The molecule has 0 bridgehead atoms. The van der Waals surface area contributed by atoms with Crippen LogP contribution in [0.4, 0.5) is 5.95 Å². The third kappa shape index (κ3) is 3.38. The molecule has 3 rings (SSSR count). The molecule has 21 heavy (non-hydrogen) atoms. The summed E-state index contributed by atoms with van der Waals surface area (Å²) in [5.41, 5.74) is 3.04. The van der Waals surface area contributed by atoms with Crippen molar-refractivity contribution in [2.45, 2.75) is 6.54 Å². The van der Waals surface area contributed by atoms with Crippen LogP contribution in [0.1, 0.15) is 5.56 Å². The topological polar surface area (TPSA) is 40.7 Å². The van der Waals surface area contributed by atoms with Crippen molar-refractivity contribution in [2.75, 3.05) is 5.32 Å². The second-order valence-corrected chi connectivity index (χ2v) is 5.44. The molecule has 0 spiro atoms. The van der Waals surface area contributed by atoms with Crippen LogP contribution in [0.3, 0.4) is 0 Å². The summed E-state index contributed by atoms with van der Waals surface area (Å²) in [6, 6.07) is 15.5. The van der Waals surface area contributed by atoms with E-state index in [9.17, 15) is 0 Å². The lowest BCUT2D eigenvalue weighted by Crippen LogP contribution is -2.01. The number of H-pyrrole nitrogens is 1. The lowest BCUT2D eigenvalue weighted by molar-refractivity contribution is 1.09. The van der Waals surface area contributed by atoms with Crippen molar-refractivity contribution in [1.82, 2.24) is 9.97 Å². The molecule has 5 heteroatoms. The van der Waals surface area contributed by atoms with E-state index >= 15 is 0 Å². The number of hydrogen-bond acceptors (Lipinski definition) is 2. The molecule has 2 N–H and O–H groups in total. The second-order valence-electron chi connectivity index (χ2n) is 4.60. The van der Waals surface area contributed by atoms with Gasteiger partial charge in [-0.2, -0.15) is 0 Å². The van der Waals surface area contributed by atoms with E-state index in [0.717, 1.165) is 16.8 Å². The predicted molar refractivity (Wildman–Crippen MR) is 87.8 cm³/mol. The molecule has 0 aliphatic rings. The molecule has 3 aromatic rings. The van der Waals surface area contributed by atoms with Crippen LogP contribution >= 0.6 is 23.2 Å². The third-order valence-corrected chi connectivity index (χ3v) is 3.71. The molecule has 0 fully saturated rings. The maximum Gasteiger partial charge on any atom is 0.200 e. The van der Waals surface area contributed by atoms with Gasteiger partial charge in [0.25, 0.3) is 0 Å². The van der Waals surface area contributed by atoms with Crippen molar-refractivity contribution in [3.8, 4) is 11.3 Å². The summed E-state index contributed by atoms with van der Waals surface area (Å²) >= 11 is 12.0. The molecular formula is C16H13Cl2N3. The largest absolute Gasteiger partial charge is 0.352 e. The minimum absolute atomic E-state index is 0.581. The first-order valence-electron chi connectivity index (χ1n) is 6.50. The number of rotatable bonds is 4. The Hall–Kier alpha value is -1.97. The van der Waals surface area contributed by atoms with Gasteiger partial charge in [0.2, 0.25) is 5.95 Å². The predicted octanol–water partition coefficient (Wildman–Crippen LogP) is 5.00. The molecule has 106 valence electrons. The van der Waals surface area contributed by atoms with Gasteiger partial charge in [-0.1, -0.05) is 59.6 Å². The van der Waals surface area contributed by atoms with E-state index in [0.29, 0.717) is 22.5 Å². The van der Waals surface area contributed by atoms with Crippen LogP contribution in [0.25, 0.3) is 11.3 Å². The molecule has 3 nitrogen and oxygen atoms in total. The number of nitrogens with zero attached hydrogens (tertiary/aromatic N) is 1. The fourth-order valence-electron chi connectivity index (χ4n) is 2.02. The SMILES string of the molecule is Clc1ccc(CNc2ncc(-c3ccccc3)[nH]2)c(Cl)c1. The lowest BCUT2D eigenvalue weighted by Gasteiger charge is -2.06. The van der Waals surface area contributed by atoms with E-state index in [1.165, 1.54) is 0 Å². The van der Waals surface area contributed by atoms with E-state index in [1.807, 2.05) is 42.5 Å². The number of hydrogen-bond donors (Lipinski definition) is 2. The Kier molecular flexibility index (Phi) is 4.13. The number of benzene rings is 2. The molecule has 0 radical (unpaired) electrons. The quantitative estimate of drug-likeness (QED) is 0.711. The molecule has 1 heterocycles. The molecule has 0 saturated carbocycles. The standard InChI is InChI=1S/C16H13Cl2N3/c17-13-7-6-12(14(18)8-13)9-19-16-20-10-15(21-16)11-4-2-1-3-5-11/h1-8,10H,9H2,(H2,19,20,21). The van der Waals surface area contributed by atoms with Crippen molar-refractivity contribution >= 4 is 29.2 Å². The van der Waals surface area contributed by atoms with Gasteiger partial charge in [0.05, 0.1) is 11.9 Å². The normalized spacial score (nSPS) is 10.6. The van der Waals surface area contributed by atoms with E-state index in [1.54, 1.807) is 12.3 Å². The lowest BCUT2D eigenvalue weighted by atomic mass is 10.2. The Bertz CT molecular complexity index is 738. The number of halogens is 2. The highest BCUT2D eigenvalue weighted by molar-refractivity contribution is 6.35. The van der Waals surface area contributed by atoms with Gasteiger partial charge in [-0.15, -0.1) is 0 Å². The molecule has 0 saturated heterocycles. The molecule has 0 unspecified atom stereocenters. The van der Waals surface area contributed by atoms with E-state index in [4.69, 9.17) is 23.2 Å². The molecule has 0 aliphatic carbocycles. The minimum atomic E-state index is 0.581. The maximum absolute atomic E-state index is 6.14. The minimum Gasteiger partial charge on any atom is -0.352 e. The van der Waals surface area contributed by atoms with Gasteiger partial charge in [-0.05, 0) is 23.3 Å². The van der Waals surface area contributed by atoms with Gasteiger partial charge in [-0.3, -0.25) is 0 Å². The van der Waals surface area contributed by atoms with Crippen LogP contribution in [0.5, 0.6) is 0 Å². The van der Waals surface area contributed by atoms with Crippen LogP contribution in [0.2, 0.25) is 10.0 Å². The Morgan fingerprint density at radius 2 is 1.86 bits per heavy atom. The Morgan fingerprint density at radius 1 is 1.05 bits per heavy atom. The Labute approximate surface area is 132 Å². The molecule has 0 atom stereocenters. The maximum atomic E-state index is 6.14. The van der Waals surface area contributed by atoms with Gasteiger partial charge >= 0.3 is 0 Å². The monoisotopic (exact) mass is 317 g/mol. The van der Waals surface area contributed by atoms with Crippen LogP contribution in [0.15, 0.2) is 54.7 Å². The first-order valence-corrected chi connectivity index (χ1v) is 7.26. The molecular weight excluding hydrogens is 305 g/mol. The van der Waals surface area contributed by atoms with Gasteiger partial charge in [-0.25, -0.2) is 4.98 Å². The smallest absolute Gasteiger partial charge is 0.200 e. The third-order valence-electron chi connectivity index (χ3n) is 3.12. The fraction of sp³-hybridized carbons (Fsp3) is 0.0625. The zero-order valence-corrected chi connectivity index (χ0v) is 12.6. The van der Waals surface area contributed by atoms with Gasteiger partial charge in [0, 0.05) is 16.6 Å². The van der Waals surface area contributed by atoms with Crippen LogP contribution in [-0.2, 0) is 6.54 Å². The number of nitrogens with one attached hydrogen (secondary N) is 2. The fourth-order valence-corrected chi connectivity index (χ4v) is 2.49. The van der Waals surface area contributed by atoms with E-state index in [2.05, 4.69) is 15.3 Å². The summed E-state index contributed by atoms with van der Waals surface area (Å²) in [5, 5.41) is 4.49. The molecule has 2 aromatic carbocycles. The molecule has 0 aliphatic heterocycles. The van der Waals surface area contributed by atoms with Crippen molar-refractivity contribution in [1.29, 1.82) is 0 Å². The summed E-state index contributed by atoms with van der Waals surface area (Å²) in [7, 11) is 0. The van der Waals surface area contributed by atoms with Crippen molar-refractivity contribution in [3.05, 3.63) is 70.3 Å². The van der Waals surface area contributed by atoms with Crippen molar-refractivity contribution in [3.63, 3.8) is 0 Å². The number of aromatic nitrogens is 2. The summed E-state index contributed by atoms with van der Waals surface area (Å²) in [6.45, 7) is 0.581. The highest BCUT2D eigenvalue weighted by atomic mass is 35.5. The average molecular weight is 318 g/mol. The van der Waals surface area contributed by atoms with Gasteiger partial charge < -0.3 is 10.3 Å². The molecule has 1 aromatic heterocycles. The summed E-state index contributed by atoms with van der Waals surface area (Å²) in [5.74, 6) is 0.708. The van der Waals surface area contributed by atoms with Crippen LogP contribution < -0.4 is 5.32 Å². The number of aromatic amines is 1. The highest BCUT2D eigenvalue weighted by Gasteiger charge is 2.04. The highest BCUT2D eigenvalue weighted by Crippen LogP contribution is 2.22. The Morgan fingerprint density at radius 3 is 2.62 bits per heavy atom. The van der Waals surface area contributed by atoms with Crippen molar-refractivity contribution in [2.24, 2.45) is 0 Å². The van der Waals surface area contributed by atoms with E-state index in [-0.39, 0.29) is 0 Å². The van der Waals surface area contributed by atoms with Crippen LogP contribution in [-0.4, -0.2) is 9.97 Å². The van der Waals surface area contributed by atoms with Crippen LogP contribution in [0, 0.1) is 0 Å². The zero-order chi connectivity index (χ0) is 14.7. The number of imidazole rings is 1. The first-order chi connectivity index (χ1) is 10.2. The average Bonchev–Trinajstić information content (AvgIpc) is 2.96. The van der Waals surface area contributed by atoms with Crippen molar-refractivity contribution < 1.29 is 0 Å². The summed E-state index contributed by atoms with van der Waals surface area (Å²) < 4.78 is 0. The second kappa shape index (κ2) is 6.20. The van der Waals surface area contributed by atoms with E-state index < -0.39 is 0 Å². The summed E-state index contributed by atoms with van der Waals surface area (Å²) in [4.78, 5) is 7.56. The number of anilines is 1. The summed E-state index contributed by atoms with van der Waals surface area (Å²) in [6.07, 6.45) is 1.81. The van der Waals surface area contributed by atoms with Gasteiger partial charge in [0.15, 0.2) is 0 Å². The Balaban J connectivity index is 1.70. The molecule has 0 amide bonds. The first kappa shape index (κ1) is 14.0. The zero-order valence-electron chi connectivity index (χ0n) is 11.1. The van der Waals surface area contributed by atoms with Gasteiger partial charge in [0.1, 0.15) is 0 Å².